The standard InChI is InChI=1S/C14H24N4/c1-14(2,3)12-9-16-13(17-10-12)18-6-4-11(8-15)5-7-18/h9-11H,4-8,15H2,1-3H3. The second-order valence-corrected chi connectivity index (χ2v) is 6.19. The van der Waals surface area contributed by atoms with Crippen LogP contribution in [-0.2, 0) is 5.41 Å². The van der Waals surface area contributed by atoms with Crippen LogP contribution in [0.15, 0.2) is 12.4 Å². The second kappa shape index (κ2) is 5.22. The number of nitrogens with two attached hydrogens (primary N) is 1. The Labute approximate surface area is 110 Å². The molecule has 100 valence electrons. The van der Waals surface area contributed by atoms with Crippen molar-refractivity contribution in [1.29, 1.82) is 0 Å². The van der Waals surface area contributed by atoms with Gasteiger partial charge < -0.3 is 10.6 Å². The van der Waals surface area contributed by atoms with E-state index in [0.29, 0.717) is 5.92 Å². The van der Waals surface area contributed by atoms with Crippen LogP contribution < -0.4 is 10.6 Å². The fraction of sp³-hybridized carbons (Fsp3) is 0.714. The number of hydrogen-bond donors (Lipinski definition) is 1. The van der Waals surface area contributed by atoms with Gasteiger partial charge in [0.2, 0.25) is 5.95 Å². The van der Waals surface area contributed by atoms with Gasteiger partial charge in [0.25, 0.3) is 0 Å². The van der Waals surface area contributed by atoms with E-state index in [2.05, 4.69) is 35.6 Å². The maximum atomic E-state index is 5.71. The lowest BCUT2D eigenvalue weighted by molar-refractivity contribution is 0.411. The number of piperidine rings is 1. The minimum atomic E-state index is 0.116. The summed E-state index contributed by atoms with van der Waals surface area (Å²) in [6, 6.07) is 0. The topological polar surface area (TPSA) is 55.0 Å². The summed E-state index contributed by atoms with van der Waals surface area (Å²) in [7, 11) is 0. The first kappa shape index (κ1) is 13.3. The van der Waals surface area contributed by atoms with Crippen LogP contribution in [0.1, 0.15) is 39.2 Å². The van der Waals surface area contributed by atoms with Crippen LogP contribution in [0.3, 0.4) is 0 Å². The molecule has 2 rings (SSSR count). The molecule has 18 heavy (non-hydrogen) atoms. The molecule has 2 heterocycles. The zero-order valence-electron chi connectivity index (χ0n) is 11.7. The van der Waals surface area contributed by atoms with Crippen LogP contribution in [0, 0.1) is 5.92 Å². The van der Waals surface area contributed by atoms with E-state index < -0.39 is 0 Å². The third-order valence-electron chi connectivity index (χ3n) is 3.73. The van der Waals surface area contributed by atoms with Gasteiger partial charge >= 0.3 is 0 Å². The molecule has 0 atom stereocenters. The predicted molar refractivity (Wildman–Crippen MR) is 74.7 cm³/mol. The maximum absolute atomic E-state index is 5.71. The van der Waals surface area contributed by atoms with Crippen LogP contribution in [-0.4, -0.2) is 29.6 Å². The Hall–Kier alpha value is -1.16. The Morgan fingerprint density at radius 3 is 2.22 bits per heavy atom. The Morgan fingerprint density at radius 1 is 1.22 bits per heavy atom. The van der Waals surface area contributed by atoms with E-state index in [1.807, 2.05) is 12.4 Å². The molecule has 4 heteroatoms. The van der Waals surface area contributed by atoms with Crippen LogP contribution in [0.25, 0.3) is 0 Å². The number of aromatic nitrogens is 2. The minimum absolute atomic E-state index is 0.116. The third kappa shape index (κ3) is 2.99. The SMILES string of the molecule is CC(C)(C)c1cnc(N2CCC(CN)CC2)nc1. The highest BCUT2D eigenvalue weighted by Crippen LogP contribution is 2.23. The molecule has 0 bridgehead atoms. The highest BCUT2D eigenvalue weighted by molar-refractivity contribution is 5.31. The molecular formula is C14H24N4. The van der Waals surface area contributed by atoms with Gasteiger partial charge in [-0.2, -0.15) is 0 Å². The summed E-state index contributed by atoms with van der Waals surface area (Å²) in [5, 5.41) is 0. The third-order valence-corrected chi connectivity index (χ3v) is 3.73. The lowest BCUT2D eigenvalue weighted by atomic mass is 9.89. The molecule has 1 fully saturated rings. The van der Waals surface area contributed by atoms with Crippen LogP contribution in [0.5, 0.6) is 0 Å². The predicted octanol–water partition coefficient (Wildman–Crippen LogP) is 1.95. The van der Waals surface area contributed by atoms with Crippen LogP contribution in [0.4, 0.5) is 5.95 Å². The van der Waals surface area contributed by atoms with Crippen molar-refractivity contribution in [3.8, 4) is 0 Å². The number of hydrogen-bond acceptors (Lipinski definition) is 4. The summed E-state index contributed by atoms with van der Waals surface area (Å²) in [5.41, 5.74) is 7.00. The highest BCUT2D eigenvalue weighted by Gasteiger charge is 2.21. The van der Waals surface area contributed by atoms with E-state index >= 15 is 0 Å². The van der Waals surface area contributed by atoms with Gasteiger partial charge in [-0.15, -0.1) is 0 Å². The Balaban J connectivity index is 2.02. The molecular weight excluding hydrogens is 224 g/mol. The first-order valence-corrected chi connectivity index (χ1v) is 6.78. The molecule has 0 saturated carbocycles. The van der Waals surface area contributed by atoms with Crippen molar-refractivity contribution in [3.63, 3.8) is 0 Å². The zero-order valence-corrected chi connectivity index (χ0v) is 11.7. The van der Waals surface area contributed by atoms with Gasteiger partial charge in [0, 0.05) is 25.5 Å². The van der Waals surface area contributed by atoms with Crippen molar-refractivity contribution in [1.82, 2.24) is 9.97 Å². The molecule has 1 aromatic rings. The Kier molecular flexibility index (Phi) is 3.85. The summed E-state index contributed by atoms with van der Waals surface area (Å²) < 4.78 is 0. The van der Waals surface area contributed by atoms with Gasteiger partial charge in [-0.25, -0.2) is 9.97 Å². The highest BCUT2D eigenvalue weighted by atomic mass is 15.2. The average Bonchev–Trinajstić information content (AvgIpc) is 2.38. The first-order valence-electron chi connectivity index (χ1n) is 6.78. The fourth-order valence-electron chi connectivity index (χ4n) is 2.24. The van der Waals surface area contributed by atoms with Crippen molar-refractivity contribution in [2.75, 3.05) is 24.5 Å². The molecule has 0 radical (unpaired) electrons. The molecule has 1 aliphatic heterocycles. The average molecular weight is 248 g/mol. The van der Waals surface area contributed by atoms with Crippen molar-refractivity contribution in [2.45, 2.75) is 39.0 Å². The van der Waals surface area contributed by atoms with E-state index in [4.69, 9.17) is 5.73 Å². The summed E-state index contributed by atoms with van der Waals surface area (Å²) in [6.45, 7) is 9.39. The molecule has 0 aromatic carbocycles. The molecule has 0 unspecified atom stereocenters. The van der Waals surface area contributed by atoms with Gasteiger partial charge in [-0.3, -0.25) is 0 Å². The molecule has 1 saturated heterocycles. The van der Waals surface area contributed by atoms with E-state index in [0.717, 1.165) is 38.4 Å². The van der Waals surface area contributed by atoms with E-state index in [9.17, 15) is 0 Å². The summed E-state index contributed by atoms with van der Waals surface area (Å²) in [4.78, 5) is 11.3. The van der Waals surface area contributed by atoms with Gasteiger partial charge in [-0.1, -0.05) is 20.8 Å². The monoisotopic (exact) mass is 248 g/mol. The van der Waals surface area contributed by atoms with E-state index in [-0.39, 0.29) is 5.41 Å². The molecule has 0 amide bonds. The van der Waals surface area contributed by atoms with Crippen molar-refractivity contribution >= 4 is 5.95 Å². The molecule has 0 aliphatic carbocycles. The Bertz CT molecular complexity index is 372. The van der Waals surface area contributed by atoms with Crippen molar-refractivity contribution in [3.05, 3.63) is 18.0 Å². The first-order chi connectivity index (χ1) is 8.50. The molecule has 0 spiro atoms. The summed E-state index contributed by atoms with van der Waals surface area (Å²) in [6.07, 6.45) is 6.22. The van der Waals surface area contributed by atoms with Gasteiger partial charge in [-0.05, 0) is 36.3 Å². The molecule has 2 N–H and O–H groups in total. The van der Waals surface area contributed by atoms with Crippen LogP contribution in [0.2, 0.25) is 0 Å². The van der Waals surface area contributed by atoms with Crippen molar-refractivity contribution in [2.24, 2.45) is 11.7 Å². The maximum Gasteiger partial charge on any atom is 0.225 e. The zero-order chi connectivity index (χ0) is 13.2. The lowest BCUT2D eigenvalue weighted by Gasteiger charge is -2.31. The second-order valence-electron chi connectivity index (χ2n) is 6.19. The number of nitrogens with zero attached hydrogens (tertiary/aromatic N) is 3. The fourth-order valence-corrected chi connectivity index (χ4v) is 2.24. The normalized spacial score (nSPS) is 18.1. The minimum Gasteiger partial charge on any atom is -0.341 e. The smallest absolute Gasteiger partial charge is 0.225 e. The largest absolute Gasteiger partial charge is 0.341 e. The summed E-state index contributed by atoms with van der Waals surface area (Å²) in [5.74, 6) is 1.54. The van der Waals surface area contributed by atoms with Crippen LogP contribution >= 0.6 is 0 Å². The number of anilines is 1. The summed E-state index contributed by atoms with van der Waals surface area (Å²) >= 11 is 0. The quantitative estimate of drug-likeness (QED) is 0.869. The molecule has 1 aromatic heterocycles. The van der Waals surface area contributed by atoms with E-state index in [1.54, 1.807) is 0 Å². The van der Waals surface area contributed by atoms with E-state index in [1.165, 1.54) is 5.56 Å². The van der Waals surface area contributed by atoms with Gasteiger partial charge in [0.15, 0.2) is 0 Å². The Morgan fingerprint density at radius 2 is 1.78 bits per heavy atom. The lowest BCUT2D eigenvalue weighted by Crippen LogP contribution is -2.37. The molecule has 1 aliphatic rings. The number of rotatable bonds is 2. The molecule has 4 nitrogen and oxygen atoms in total. The van der Waals surface area contributed by atoms with Gasteiger partial charge in [0.1, 0.15) is 0 Å². The van der Waals surface area contributed by atoms with Gasteiger partial charge in [0.05, 0.1) is 0 Å². The van der Waals surface area contributed by atoms with Crippen molar-refractivity contribution < 1.29 is 0 Å².